The molecule has 1 atom stereocenters. The van der Waals surface area contributed by atoms with Gasteiger partial charge in [-0.2, -0.15) is 12.7 Å². The number of amides is 2. The Morgan fingerprint density at radius 3 is 2.33 bits per heavy atom. The molecule has 320 valence electrons. The lowest BCUT2D eigenvalue weighted by molar-refractivity contribution is -0.106. The zero-order valence-electron chi connectivity index (χ0n) is 35.5. The van der Waals surface area contributed by atoms with E-state index in [1.165, 1.54) is 57.4 Å². The number of piperidine rings is 1. The SMILES string of the molecule is COC(CN(C)S(=O)(=O)NC(=O)c1ccc2c(C3CCCCC3)c3n(c2c1)C[C@@H](N(C)CCN(C(=O)O)C(C)(C)C)COc1c(CN2CCCCC2)cccc1-3)OC. The molecule has 2 N–H and O–H groups in total. The van der Waals surface area contributed by atoms with Crippen LogP contribution in [0, 0.1) is 0 Å². The molecule has 6 rings (SSSR count). The number of nitrogens with one attached hydrogen (secondary N) is 1. The predicted octanol–water partition coefficient (Wildman–Crippen LogP) is 6.34. The molecule has 15 heteroatoms. The van der Waals surface area contributed by atoms with Gasteiger partial charge in [-0.15, -0.1) is 0 Å². The first-order chi connectivity index (χ1) is 27.6. The summed E-state index contributed by atoms with van der Waals surface area (Å²) in [6.07, 6.45) is 7.41. The van der Waals surface area contributed by atoms with Crippen molar-refractivity contribution in [2.75, 3.05) is 67.6 Å². The van der Waals surface area contributed by atoms with Gasteiger partial charge in [-0.05, 0) is 96.3 Å². The first kappa shape index (κ1) is 43.8. The van der Waals surface area contributed by atoms with Crippen molar-refractivity contribution in [3.05, 3.63) is 53.1 Å². The van der Waals surface area contributed by atoms with Crippen LogP contribution >= 0.6 is 0 Å². The van der Waals surface area contributed by atoms with E-state index in [4.69, 9.17) is 14.2 Å². The van der Waals surface area contributed by atoms with Gasteiger partial charge in [0.25, 0.3) is 5.91 Å². The van der Waals surface area contributed by atoms with Crippen LogP contribution in [0.2, 0.25) is 0 Å². The number of hydrogen-bond acceptors (Lipinski definition) is 9. The summed E-state index contributed by atoms with van der Waals surface area (Å²) in [5.74, 6) is 0.422. The van der Waals surface area contributed by atoms with Crippen LogP contribution in [0.15, 0.2) is 36.4 Å². The van der Waals surface area contributed by atoms with Crippen molar-refractivity contribution in [3.8, 4) is 17.0 Å². The maximum absolute atomic E-state index is 13.8. The highest BCUT2D eigenvalue weighted by molar-refractivity contribution is 7.87. The molecule has 1 aliphatic carbocycles. The summed E-state index contributed by atoms with van der Waals surface area (Å²) in [6.45, 7) is 10.2. The summed E-state index contributed by atoms with van der Waals surface area (Å²) in [5, 5.41) is 11.1. The molecule has 1 saturated carbocycles. The Morgan fingerprint density at radius 2 is 1.67 bits per heavy atom. The van der Waals surface area contributed by atoms with Gasteiger partial charge >= 0.3 is 16.3 Å². The Balaban J connectivity index is 1.47. The van der Waals surface area contributed by atoms with Crippen LogP contribution in [0.4, 0.5) is 4.79 Å². The minimum atomic E-state index is -4.23. The van der Waals surface area contributed by atoms with Crippen LogP contribution in [0.3, 0.4) is 0 Å². The Morgan fingerprint density at radius 1 is 0.983 bits per heavy atom. The van der Waals surface area contributed by atoms with Crippen LogP contribution in [0.1, 0.15) is 99.5 Å². The van der Waals surface area contributed by atoms with E-state index < -0.39 is 34.0 Å². The van der Waals surface area contributed by atoms with Crippen LogP contribution < -0.4 is 9.46 Å². The number of carbonyl (C=O) groups is 2. The van der Waals surface area contributed by atoms with Gasteiger partial charge in [0.05, 0.1) is 18.3 Å². The minimum absolute atomic E-state index is 0.109. The predicted molar refractivity (Wildman–Crippen MR) is 226 cm³/mol. The molecule has 0 radical (unpaired) electrons. The molecular formula is C43H64N6O8S. The van der Waals surface area contributed by atoms with E-state index in [0.29, 0.717) is 32.2 Å². The van der Waals surface area contributed by atoms with Gasteiger partial charge in [-0.3, -0.25) is 14.6 Å². The fraction of sp³-hybridized carbons (Fsp3) is 0.628. The van der Waals surface area contributed by atoms with Gasteiger partial charge in [0.1, 0.15) is 12.4 Å². The van der Waals surface area contributed by atoms with Gasteiger partial charge in [0.15, 0.2) is 6.29 Å². The summed E-state index contributed by atoms with van der Waals surface area (Å²) >= 11 is 0. The molecule has 2 amide bonds. The van der Waals surface area contributed by atoms with Crippen LogP contribution in [0.25, 0.3) is 22.2 Å². The molecule has 14 nitrogen and oxygen atoms in total. The van der Waals surface area contributed by atoms with Crippen molar-refractivity contribution >= 4 is 33.1 Å². The molecule has 3 aromatic rings. The van der Waals surface area contributed by atoms with Crippen LogP contribution in [-0.4, -0.2) is 135 Å². The Bertz CT molecular complexity index is 2010. The smallest absolute Gasteiger partial charge is 0.407 e. The number of fused-ring (bicyclic) bond motifs is 5. The monoisotopic (exact) mass is 824 g/mol. The van der Waals surface area contributed by atoms with Crippen molar-refractivity contribution in [1.29, 1.82) is 0 Å². The Kier molecular flexibility index (Phi) is 14.1. The van der Waals surface area contributed by atoms with Crippen molar-refractivity contribution in [1.82, 2.24) is 28.3 Å². The molecular weight excluding hydrogens is 761 g/mol. The number of hydrogen-bond donors (Lipinski definition) is 2. The maximum atomic E-state index is 13.8. The highest BCUT2D eigenvalue weighted by atomic mass is 32.2. The number of aromatic nitrogens is 1. The number of ether oxygens (including phenoxy) is 3. The maximum Gasteiger partial charge on any atom is 0.407 e. The lowest BCUT2D eigenvalue weighted by Crippen LogP contribution is -2.50. The zero-order chi connectivity index (χ0) is 41.8. The summed E-state index contributed by atoms with van der Waals surface area (Å²) in [5.41, 5.74) is 4.98. The molecule has 2 aromatic carbocycles. The second-order valence-electron chi connectivity index (χ2n) is 17.2. The Labute approximate surface area is 344 Å². The fourth-order valence-electron chi connectivity index (χ4n) is 8.90. The van der Waals surface area contributed by atoms with Crippen molar-refractivity contribution in [3.63, 3.8) is 0 Å². The van der Waals surface area contributed by atoms with Crippen molar-refractivity contribution in [2.45, 2.75) is 109 Å². The van der Waals surface area contributed by atoms with Crippen molar-refractivity contribution < 1.29 is 37.3 Å². The number of carboxylic acid groups (broad SMARTS) is 1. The van der Waals surface area contributed by atoms with Gasteiger partial charge < -0.3 is 28.8 Å². The van der Waals surface area contributed by atoms with E-state index in [1.54, 1.807) is 6.07 Å². The zero-order valence-corrected chi connectivity index (χ0v) is 36.3. The second kappa shape index (κ2) is 18.7. The molecule has 0 bridgehead atoms. The summed E-state index contributed by atoms with van der Waals surface area (Å²) in [6, 6.07) is 11.8. The quantitative estimate of drug-likeness (QED) is 0.177. The third-order valence-corrected chi connectivity index (χ3v) is 13.7. The number of likely N-dealkylation sites (N-methyl/N-ethyl adjacent to an activating group) is 2. The molecule has 3 aliphatic rings. The number of benzene rings is 2. The van der Waals surface area contributed by atoms with Gasteiger partial charge in [-0.25, -0.2) is 9.52 Å². The first-order valence-electron chi connectivity index (χ1n) is 20.8. The number of likely N-dealkylation sites (tertiary alicyclic amines) is 1. The van der Waals surface area contributed by atoms with Gasteiger partial charge in [-0.1, -0.05) is 43.9 Å². The number of methoxy groups -OCH3 is 2. The van der Waals surface area contributed by atoms with E-state index in [0.717, 1.165) is 83.1 Å². The lowest BCUT2D eigenvalue weighted by atomic mass is 9.81. The molecule has 1 aromatic heterocycles. The summed E-state index contributed by atoms with van der Waals surface area (Å²) < 4.78 is 49.6. The summed E-state index contributed by atoms with van der Waals surface area (Å²) in [7, 11) is 2.00. The number of rotatable bonds is 14. The van der Waals surface area contributed by atoms with Gasteiger partial charge in [0.2, 0.25) is 0 Å². The molecule has 1 saturated heterocycles. The third kappa shape index (κ3) is 9.82. The fourth-order valence-corrected chi connectivity index (χ4v) is 9.73. The van der Waals surface area contributed by atoms with E-state index >= 15 is 0 Å². The normalized spacial score (nSPS) is 18.5. The standard InChI is InChI=1S/C43H64N6O8S/c1-43(2,3)49(42(51)52)24-23-45(4)33-27-48-36-25-31(41(50)44-58(53,54)46(5)28-37(55-6)56-7)19-20-34(36)38(30-15-10-8-11-16-30)39(48)35-18-14-17-32(40(35)57-29-33)26-47-21-12-9-13-22-47/h14,17-20,25,30,33,37H,8-13,15-16,21-24,26-29H2,1-7H3,(H,44,50)(H,51,52)/t33-/m1/s1. The molecule has 0 spiro atoms. The van der Waals surface area contributed by atoms with E-state index in [2.05, 4.69) is 37.3 Å². The van der Waals surface area contributed by atoms with E-state index in [9.17, 15) is 23.1 Å². The molecule has 0 unspecified atom stereocenters. The highest BCUT2D eigenvalue weighted by Gasteiger charge is 2.34. The van der Waals surface area contributed by atoms with Gasteiger partial charge in [0, 0.05) is 80.6 Å². The molecule has 3 heterocycles. The third-order valence-electron chi connectivity index (χ3n) is 12.3. The first-order valence-corrected chi connectivity index (χ1v) is 22.2. The summed E-state index contributed by atoms with van der Waals surface area (Å²) in [4.78, 5) is 32.3. The van der Waals surface area contributed by atoms with Crippen LogP contribution in [0.5, 0.6) is 5.75 Å². The largest absolute Gasteiger partial charge is 0.491 e. The van der Waals surface area contributed by atoms with Crippen LogP contribution in [-0.2, 0) is 32.8 Å². The number of nitrogens with zero attached hydrogens (tertiary/aromatic N) is 5. The highest BCUT2D eigenvalue weighted by Crippen LogP contribution is 2.48. The topological polar surface area (TPSA) is 146 Å². The molecule has 2 fully saturated rings. The second-order valence-corrected chi connectivity index (χ2v) is 19.0. The average molecular weight is 825 g/mol. The number of para-hydroxylation sites is 1. The Hall–Kier alpha value is -3.73. The van der Waals surface area contributed by atoms with E-state index in [1.807, 2.05) is 40.0 Å². The van der Waals surface area contributed by atoms with E-state index in [-0.39, 0.29) is 18.2 Å². The molecule has 2 aliphatic heterocycles. The molecule has 58 heavy (non-hydrogen) atoms. The lowest BCUT2D eigenvalue weighted by Gasteiger charge is -2.37. The minimum Gasteiger partial charge on any atom is -0.491 e. The van der Waals surface area contributed by atoms with Crippen molar-refractivity contribution in [2.24, 2.45) is 0 Å². The average Bonchev–Trinajstić information content (AvgIpc) is 3.49. The number of carbonyl (C=O) groups excluding carboxylic acids is 1.